The van der Waals surface area contributed by atoms with Crippen LogP contribution in [0.15, 0.2) is 18.9 Å². The van der Waals surface area contributed by atoms with Crippen LogP contribution in [0.3, 0.4) is 0 Å². The smallest absolute Gasteiger partial charge is 0.0540 e. The van der Waals surface area contributed by atoms with Crippen molar-refractivity contribution in [2.24, 2.45) is 7.05 Å². The van der Waals surface area contributed by atoms with E-state index in [0.717, 1.165) is 13.0 Å². The average Bonchev–Trinajstić information content (AvgIpc) is 2.69. The number of hydrogen-bond acceptors (Lipinski definition) is 2. The van der Waals surface area contributed by atoms with Gasteiger partial charge in [0.2, 0.25) is 0 Å². The number of nitrogens with zero attached hydrogens (tertiary/aromatic N) is 2. The molecule has 0 aliphatic carbocycles. The summed E-state index contributed by atoms with van der Waals surface area (Å²) in [4.78, 5) is 0. The highest BCUT2D eigenvalue weighted by Gasteiger charge is 2.15. The second kappa shape index (κ2) is 8.09. The molecule has 0 aliphatic rings. The molecule has 1 aromatic rings. The Balaban J connectivity index is 2.49. The molecule has 1 heterocycles. The lowest BCUT2D eigenvalue weighted by Gasteiger charge is -2.17. The van der Waals surface area contributed by atoms with E-state index in [0.29, 0.717) is 6.04 Å². The van der Waals surface area contributed by atoms with Gasteiger partial charge in [0, 0.05) is 24.3 Å². The number of aryl methyl sites for hydroxylation is 1. The minimum atomic E-state index is 0.451. The Bertz CT molecular complexity index is 355. The predicted octanol–water partition coefficient (Wildman–Crippen LogP) is 3.52. The van der Waals surface area contributed by atoms with Crippen LogP contribution in [-0.4, -0.2) is 16.3 Å². The van der Waals surface area contributed by atoms with E-state index in [4.69, 9.17) is 0 Å². The second-order valence-electron chi connectivity index (χ2n) is 4.85. The molecule has 102 valence electrons. The van der Waals surface area contributed by atoms with Gasteiger partial charge in [-0.3, -0.25) is 4.68 Å². The predicted molar refractivity (Wildman–Crippen MR) is 77.6 cm³/mol. The molecule has 0 radical (unpaired) electrons. The maximum Gasteiger partial charge on any atom is 0.0540 e. The van der Waals surface area contributed by atoms with Gasteiger partial charge in [0.1, 0.15) is 0 Å². The van der Waals surface area contributed by atoms with Crippen molar-refractivity contribution in [1.29, 1.82) is 0 Å². The topological polar surface area (TPSA) is 29.9 Å². The van der Waals surface area contributed by atoms with E-state index >= 15 is 0 Å². The molecule has 0 amide bonds. The van der Waals surface area contributed by atoms with Crippen LogP contribution >= 0.6 is 0 Å². The molecule has 0 aromatic carbocycles. The molecule has 3 heteroatoms. The molecule has 0 saturated heterocycles. The molecule has 18 heavy (non-hydrogen) atoms. The summed E-state index contributed by atoms with van der Waals surface area (Å²) < 4.78 is 1.96. The van der Waals surface area contributed by atoms with Crippen LogP contribution in [0, 0.1) is 6.92 Å². The summed E-state index contributed by atoms with van der Waals surface area (Å²) in [6, 6.07) is 0.451. The van der Waals surface area contributed by atoms with Gasteiger partial charge in [-0.1, -0.05) is 25.8 Å². The van der Waals surface area contributed by atoms with Gasteiger partial charge in [-0.15, -0.1) is 6.58 Å². The summed E-state index contributed by atoms with van der Waals surface area (Å²) >= 11 is 0. The van der Waals surface area contributed by atoms with Crippen molar-refractivity contribution in [3.8, 4) is 0 Å². The van der Waals surface area contributed by atoms with E-state index in [1.54, 1.807) is 0 Å². The lowest BCUT2D eigenvalue weighted by atomic mass is 10.0. The molecule has 1 atom stereocenters. The normalized spacial score (nSPS) is 12.6. The maximum absolute atomic E-state index is 4.34. The van der Waals surface area contributed by atoms with Crippen LogP contribution in [0.5, 0.6) is 0 Å². The van der Waals surface area contributed by atoms with Gasteiger partial charge in [-0.25, -0.2) is 0 Å². The molecule has 0 fully saturated rings. The second-order valence-corrected chi connectivity index (χ2v) is 4.85. The number of aromatic nitrogens is 2. The fourth-order valence-electron chi connectivity index (χ4n) is 2.29. The van der Waals surface area contributed by atoms with Crippen LogP contribution in [-0.2, 0) is 7.05 Å². The molecule has 1 unspecified atom stereocenters. The Hall–Kier alpha value is -1.09. The van der Waals surface area contributed by atoms with E-state index < -0.39 is 0 Å². The molecular formula is C15H27N3. The van der Waals surface area contributed by atoms with Gasteiger partial charge < -0.3 is 5.32 Å². The Morgan fingerprint density at radius 2 is 2.22 bits per heavy atom. The Labute approximate surface area is 111 Å². The summed E-state index contributed by atoms with van der Waals surface area (Å²) in [6.45, 7) is 9.07. The van der Waals surface area contributed by atoms with Gasteiger partial charge >= 0.3 is 0 Å². The first kappa shape index (κ1) is 15.0. The number of hydrogen-bond donors (Lipinski definition) is 1. The number of allylic oxidation sites excluding steroid dienone is 1. The van der Waals surface area contributed by atoms with Crippen LogP contribution in [0.25, 0.3) is 0 Å². The first-order valence-corrected chi connectivity index (χ1v) is 7.03. The molecule has 1 N–H and O–H groups in total. The first-order chi connectivity index (χ1) is 8.70. The number of rotatable bonds is 9. The van der Waals surface area contributed by atoms with Gasteiger partial charge in [0.05, 0.1) is 6.20 Å². The summed E-state index contributed by atoms with van der Waals surface area (Å²) in [7, 11) is 2.01. The first-order valence-electron chi connectivity index (χ1n) is 7.03. The summed E-state index contributed by atoms with van der Waals surface area (Å²) in [5.74, 6) is 0. The average molecular weight is 249 g/mol. The Kier molecular flexibility index (Phi) is 6.73. The third kappa shape index (κ3) is 4.30. The molecule has 1 aromatic heterocycles. The van der Waals surface area contributed by atoms with Crippen LogP contribution in [0.4, 0.5) is 0 Å². The highest BCUT2D eigenvalue weighted by atomic mass is 15.3. The van der Waals surface area contributed by atoms with E-state index in [9.17, 15) is 0 Å². The highest BCUT2D eigenvalue weighted by Crippen LogP contribution is 2.22. The van der Waals surface area contributed by atoms with Crippen molar-refractivity contribution in [3.05, 3.63) is 30.1 Å². The van der Waals surface area contributed by atoms with Gasteiger partial charge in [0.25, 0.3) is 0 Å². The van der Waals surface area contributed by atoms with Crippen molar-refractivity contribution in [2.45, 2.75) is 52.0 Å². The number of unbranched alkanes of at least 4 members (excludes halogenated alkanes) is 3. The molecule has 1 rings (SSSR count). The SMILES string of the molecule is C=CCCCCCC(NCC)c1cnn(C)c1C. The third-order valence-corrected chi connectivity index (χ3v) is 3.50. The fourth-order valence-corrected chi connectivity index (χ4v) is 2.29. The summed E-state index contributed by atoms with van der Waals surface area (Å²) in [5.41, 5.74) is 2.62. The van der Waals surface area contributed by atoms with Crippen molar-refractivity contribution in [1.82, 2.24) is 15.1 Å². The largest absolute Gasteiger partial charge is 0.310 e. The minimum Gasteiger partial charge on any atom is -0.310 e. The maximum atomic E-state index is 4.34. The molecule has 0 saturated carbocycles. The monoisotopic (exact) mass is 249 g/mol. The van der Waals surface area contributed by atoms with E-state index in [2.05, 4.69) is 30.8 Å². The Morgan fingerprint density at radius 1 is 1.44 bits per heavy atom. The van der Waals surface area contributed by atoms with Crippen molar-refractivity contribution in [3.63, 3.8) is 0 Å². The zero-order valence-electron chi connectivity index (χ0n) is 12.1. The van der Waals surface area contributed by atoms with E-state index in [1.807, 2.05) is 24.0 Å². The lowest BCUT2D eigenvalue weighted by molar-refractivity contribution is 0.481. The molecule has 0 spiro atoms. The number of nitrogens with one attached hydrogen (secondary N) is 1. The quantitative estimate of drug-likeness (QED) is 0.536. The minimum absolute atomic E-state index is 0.451. The summed E-state index contributed by atoms with van der Waals surface area (Å²) in [6.07, 6.45) is 10.1. The standard InChI is InChI=1S/C15H27N3/c1-5-7-8-9-10-11-15(16-6-2)14-12-17-18(4)13(14)3/h5,12,15-16H,1,6-11H2,2-4H3. The van der Waals surface area contributed by atoms with Crippen LogP contribution in [0.2, 0.25) is 0 Å². The molecular weight excluding hydrogens is 222 g/mol. The molecule has 0 bridgehead atoms. The zero-order valence-corrected chi connectivity index (χ0v) is 12.1. The zero-order chi connectivity index (χ0) is 13.4. The lowest BCUT2D eigenvalue weighted by Crippen LogP contribution is -2.21. The molecule has 0 aliphatic heterocycles. The van der Waals surface area contributed by atoms with Crippen molar-refractivity contribution in [2.75, 3.05) is 6.54 Å². The van der Waals surface area contributed by atoms with Gasteiger partial charge in [-0.05, 0) is 32.7 Å². The van der Waals surface area contributed by atoms with Crippen LogP contribution < -0.4 is 5.32 Å². The van der Waals surface area contributed by atoms with Crippen molar-refractivity contribution < 1.29 is 0 Å². The molecule has 3 nitrogen and oxygen atoms in total. The fraction of sp³-hybridized carbons (Fsp3) is 0.667. The van der Waals surface area contributed by atoms with E-state index in [1.165, 1.54) is 36.9 Å². The van der Waals surface area contributed by atoms with Gasteiger partial charge in [0.15, 0.2) is 0 Å². The van der Waals surface area contributed by atoms with E-state index in [-0.39, 0.29) is 0 Å². The van der Waals surface area contributed by atoms with Crippen LogP contribution in [0.1, 0.15) is 56.3 Å². The highest BCUT2D eigenvalue weighted by molar-refractivity contribution is 5.20. The van der Waals surface area contributed by atoms with Crippen molar-refractivity contribution >= 4 is 0 Å². The Morgan fingerprint density at radius 3 is 2.78 bits per heavy atom. The third-order valence-electron chi connectivity index (χ3n) is 3.50. The van der Waals surface area contributed by atoms with Gasteiger partial charge in [-0.2, -0.15) is 5.10 Å². The summed E-state index contributed by atoms with van der Waals surface area (Å²) in [5, 5.41) is 7.91.